The molecule has 0 fully saturated rings. The zero-order chi connectivity index (χ0) is 37.4. The van der Waals surface area contributed by atoms with Crippen molar-refractivity contribution < 1.29 is 49.9 Å². The number of benzene rings is 2. The standard InChI is InChI=1S/C35H26N4O11S2/c40-31-17-27(51(45,46)47)15-21-13-25(7-9-29(21)31)36-33(42)19-3-1-5-23(11-19)38-35(44)39-24-6-2-4-20(12-24)34(43)37-26-8-10-30-22(14-26)16-28(18-32(30)41)52(48,49)50/h1-16,29-30H,17-18H2,(H2,38,39,44)(H,45,46,47)(H,48,49,50). The average molecular weight is 743 g/mol. The number of hydrogen-bond donors (Lipinski definition) is 4. The number of anilines is 2. The van der Waals surface area contributed by atoms with Crippen LogP contribution < -0.4 is 10.6 Å². The van der Waals surface area contributed by atoms with Crippen molar-refractivity contribution in [3.8, 4) is 0 Å². The van der Waals surface area contributed by atoms with Gasteiger partial charge in [-0.1, -0.05) is 24.3 Å². The second-order valence-electron chi connectivity index (χ2n) is 11.8. The highest BCUT2D eigenvalue weighted by atomic mass is 32.2. The highest BCUT2D eigenvalue weighted by Crippen LogP contribution is 2.32. The number of amides is 4. The van der Waals surface area contributed by atoms with E-state index < -0.39 is 84.1 Å². The maximum atomic E-state index is 13.0. The van der Waals surface area contributed by atoms with Crippen molar-refractivity contribution in [2.75, 3.05) is 10.6 Å². The average Bonchev–Trinajstić information content (AvgIpc) is 3.07. The molecule has 4 aliphatic carbocycles. The van der Waals surface area contributed by atoms with Crippen LogP contribution in [0.3, 0.4) is 0 Å². The minimum Gasteiger partial charge on any atom is -0.308 e. The van der Waals surface area contributed by atoms with Crippen molar-refractivity contribution in [1.82, 2.24) is 0 Å². The zero-order valence-electron chi connectivity index (χ0n) is 26.6. The normalized spacial score (nSPS) is 21.3. The number of hydrogen-bond acceptors (Lipinski definition) is 9. The third kappa shape index (κ3) is 8.13. The second kappa shape index (κ2) is 14.0. The van der Waals surface area contributed by atoms with Gasteiger partial charge in [-0.3, -0.25) is 28.3 Å². The first kappa shape index (κ1) is 35.8. The van der Waals surface area contributed by atoms with Crippen LogP contribution in [0.1, 0.15) is 33.6 Å². The largest absolute Gasteiger partial charge is 0.323 e. The maximum Gasteiger partial charge on any atom is 0.323 e. The Bertz CT molecular complexity index is 2300. The van der Waals surface area contributed by atoms with Crippen molar-refractivity contribution in [1.29, 1.82) is 0 Å². The highest BCUT2D eigenvalue weighted by molar-refractivity contribution is 7.90. The number of ketones is 2. The molecule has 2 atom stereocenters. The summed E-state index contributed by atoms with van der Waals surface area (Å²) in [5.74, 6) is -3.72. The van der Waals surface area contributed by atoms with E-state index in [2.05, 4.69) is 20.6 Å². The van der Waals surface area contributed by atoms with Crippen molar-refractivity contribution >= 4 is 72.4 Å². The Morgan fingerprint density at radius 1 is 0.635 bits per heavy atom. The van der Waals surface area contributed by atoms with E-state index in [0.29, 0.717) is 0 Å². The summed E-state index contributed by atoms with van der Waals surface area (Å²) >= 11 is 0. The molecule has 0 radical (unpaired) electrons. The van der Waals surface area contributed by atoms with Gasteiger partial charge in [0.2, 0.25) is 0 Å². The van der Waals surface area contributed by atoms with E-state index in [1.54, 1.807) is 0 Å². The Morgan fingerprint density at radius 2 is 1.04 bits per heavy atom. The second-order valence-corrected chi connectivity index (χ2v) is 14.8. The van der Waals surface area contributed by atoms with E-state index in [9.17, 15) is 49.9 Å². The molecule has 0 aliphatic heterocycles. The molecule has 2 aromatic carbocycles. The van der Waals surface area contributed by atoms with Crippen LogP contribution in [0.5, 0.6) is 0 Å². The first-order valence-corrected chi connectivity index (χ1v) is 18.2. The molecule has 0 saturated heterocycles. The third-order valence-electron chi connectivity index (χ3n) is 8.17. The molecular weight excluding hydrogens is 717 g/mol. The molecule has 15 nitrogen and oxygen atoms in total. The molecule has 264 valence electrons. The Kier molecular flexibility index (Phi) is 9.61. The fourth-order valence-electron chi connectivity index (χ4n) is 5.70. The van der Waals surface area contributed by atoms with Crippen molar-refractivity contribution in [3.05, 3.63) is 129 Å². The van der Waals surface area contributed by atoms with Gasteiger partial charge in [-0.25, -0.2) is 14.8 Å². The fourth-order valence-corrected chi connectivity index (χ4v) is 6.92. The van der Waals surface area contributed by atoms with Crippen LogP contribution in [-0.4, -0.2) is 66.8 Å². The Labute approximate surface area is 296 Å². The van der Waals surface area contributed by atoms with Crippen molar-refractivity contribution in [2.24, 2.45) is 21.8 Å². The van der Waals surface area contributed by atoms with Gasteiger partial charge in [-0.05, 0) is 84.0 Å². The minimum absolute atomic E-state index is 0.0974. The summed E-state index contributed by atoms with van der Waals surface area (Å²) in [7, 11) is -9.15. The van der Waals surface area contributed by atoms with Crippen molar-refractivity contribution in [2.45, 2.75) is 12.8 Å². The first-order chi connectivity index (χ1) is 24.5. The SMILES string of the molecule is O=C(Nc1cccc(C(=O)N=C2C=CC3C(=O)CC(S(=O)(=O)O)=CC3=C2)c1)Nc1cccc(C(=O)N=C2C=CC3C(=O)CC(S(=O)(=O)O)=CC3=C2)c1. The van der Waals surface area contributed by atoms with Gasteiger partial charge >= 0.3 is 6.03 Å². The van der Waals surface area contributed by atoms with Gasteiger partial charge in [0.25, 0.3) is 32.1 Å². The van der Waals surface area contributed by atoms with Crippen molar-refractivity contribution in [3.63, 3.8) is 0 Å². The number of aliphatic imine (C=N–C) groups is 2. The summed E-state index contributed by atoms with van der Waals surface area (Å²) < 4.78 is 65.0. The number of rotatable bonds is 6. The molecule has 0 spiro atoms. The van der Waals surface area contributed by atoms with E-state index >= 15 is 0 Å². The lowest BCUT2D eigenvalue weighted by atomic mass is 9.84. The molecule has 0 bridgehead atoms. The molecular formula is C35H26N4O11S2. The Hall–Kier alpha value is -6.01. The summed E-state index contributed by atoms with van der Waals surface area (Å²) in [5, 5.41) is 5.17. The topological polar surface area (TPSA) is 243 Å². The maximum absolute atomic E-state index is 13.0. The Morgan fingerprint density at radius 3 is 1.42 bits per heavy atom. The number of nitrogens with one attached hydrogen (secondary N) is 2. The van der Waals surface area contributed by atoms with E-state index in [-0.39, 0.29) is 45.1 Å². The van der Waals surface area contributed by atoms with Crippen LogP contribution in [0.25, 0.3) is 0 Å². The lowest BCUT2D eigenvalue weighted by molar-refractivity contribution is -0.120. The monoisotopic (exact) mass is 742 g/mol. The van der Waals surface area contributed by atoms with Crippen LogP contribution in [0.4, 0.5) is 16.2 Å². The summed E-state index contributed by atoms with van der Waals surface area (Å²) in [6.45, 7) is 0. The van der Waals surface area contributed by atoms with Crippen LogP contribution >= 0.6 is 0 Å². The van der Waals surface area contributed by atoms with E-state index in [0.717, 1.165) is 0 Å². The lowest BCUT2D eigenvalue weighted by Gasteiger charge is -2.22. The summed E-state index contributed by atoms with van der Waals surface area (Å²) in [6.07, 6.45) is 10.1. The molecule has 0 saturated carbocycles. The van der Waals surface area contributed by atoms with Gasteiger partial charge in [0.05, 0.1) is 33.1 Å². The van der Waals surface area contributed by atoms with E-state index in [4.69, 9.17) is 0 Å². The van der Waals surface area contributed by atoms with Gasteiger partial charge in [-0.2, -0.15) is 16.8 Å². The van der Waals surface area contributed by atoms with Gasteiger partial charge in [-0.15, -0.1) is 0 Å². The molecule has 17 heteroatoms. The molecule has 52 heavy (non-hydrogen) atoms. The molecule has 4 N–H and O–H groups in total. The molecule has 0 aromatic heterocycles. The highest BCUT2D eigenvalue weighted by Gasteiger charge is 2.33. The fraction of sp³-hybridized carbons (Fsp3) is 0.114. The molecule has 4 aliphatic rings. The van der Waals surface area contributed by atoms with Gasteiger partial charge < -0.3 is 10.6 Å². The number of Topliss-reactive ketones (excluding diaryl/α,β-unsaturated/α-hetero) is 2. The summed E-state index contributed by atoms with van der Waals surface area (Å²) in [4.78, 5) is 70.7. The third-order valence-corrected chi connectivity index (χ3v) is 10.0. The van der Waals surface area contributed by atoms with Gasteiger partial charge in [0.1, 0.15) is 11.6 Å². The summed E-state index contributed by atoms with van der Waals surface area (Å²) in [6, 6.07) is 11.0. The van der Waals surface area contributed by atoms with Crippen LogP contribution in [0.15, 0.2) is 128 Å². The number of carbonyl (C=O) groups excluding carboxylic acids is 5. The van der Waals surface area contributed by atoms with Gasteiger partial charge in [0.15, 0.2) is 0 Å². The first-order valence-electron chi connectivity index (χ1n) is 15.3. The molecule has 2 aromatic rings. The van der Waals surface area contributed by atoms with Crippen LogP contribution in [0.2, 0.25) is 0 Å². The zero-order valence-corrected chi connectivity index (χ0v) is 28.2. The Balaban J connectivity index is 1.12. The van der Waals surface area contributed by atoms with E-state index in [1.807, 2.05) is 0 Å². The predicted molar refractivity (Wildman–Crippen MR) is 189 cm³/mol. The lowest BCUT2D eigenvalue weighted by Crippen LogP contribution is -2.24. The molecule has 6 rings (SSSR count). The number of allylic oxidation sites excluding steroid dienone is 12. The number of carbonyl (C=O) groups is 5. The molecule has 4 amide bonds. The van der Waals surface area contributed by atoms with Crippen LogP contribution in [0, 0.1) is 11.8 Å². The number of fused-ring (bicyclic) bond motifs is 2. The summed E-state index contributed by atoms with van der Waals surface area (Å²) in [5.41, 5.74) is 1.44. The molecule has 0 heterocycles. The number of urea groups is 1. The van der Waals surface area contributed by atoms with E-state index in [1.165, 1.54) is 97.1 Å². The van der Waals surface area contributed by atoms with Gasteiger partial charge in [0, 0.05) is 35.3 Å². The van der Waals surface area contributed by atoms with Crippen LogP contribution in [-0.2, 0) is 29.8 Å². The minimum atomic E-state index is -4.57. The smallest absolute Gasteiger partial charge is 0.308 e. The number of nitrogens with zero attached hydrogens (tertiary/aromatic N) is 2. The predicted octanol–water partition coefficient (Wildman–Crippen LogP) is 4.21. The molecule has 2 unspecified atom stereocenters. The quantitative estimate of drug-likeness (QED) is 0.306.